The van der Waals surface area contributed by atoms with E-state index >= 15 is 0 Å². The van der Waals surface area contributed by atoms with Gasteiger partial charge in [0.1, 0.15) is 0 Å². The Hall–Kier alpha value is -0.700. The molecular formula is C15H14BrCl2N. The molecule has 0 heterocycles. The Morgan fingerprint density at radius 3 is 2.47 bits per heavy atom. The van der Waals surface area contributed by atoms with Gasteiger partial charge in [-0.3, -0.25) is 0 Å². The fourth-order valence-electron chi connectivity index (χ4n) is 1.94. The summed E-state index contributed by atoms with van der Waals surface area (Å²) in [5, 5.41) is 2.33. The zero-order valence-corrected chi connectivity index (χ0v) is 13.6. The van der Waals surface area contributed by atoms with Gasteiger partial charge in [-0.05, 0) is 35.4 Å². The van der Waals surface area contributed by atoms with E-state index in [2.05, 4.69) is 33.0 Å². The predicted molar refractivity (Wildman–Crippen MR) is 87.6 cm³/mol. The molecule has 0 aliphatic heterocycles. The molecule has 0 saturated heterocycles. The lowest BCUT2D eigenvalue weighted by molar-refractivity contribution is 0.923. The summed E-state index contributed by atoms with van der Waals surface area (Å²) in [6.07, 6.45) is 0. The summed E-state index contributed by atoms with van der Waals surface area (Å²) in [5.41, 5.74) is 3.35. The highest BCUT2D eigenvalue weighted by molar-refractivity contribution is 9.08. The Kier molecular flexibility index (Phi) is 5.14. The largest absolute Gasteiger partial charge is 0.369 e. The molecule has 2 aromatic carbocycles. The molecule has 4 heteroatoms. The van der Waals surface area contributed by atoms with Crippen LogP contribution in [0.15, 0.2) is 42.5 Å². The first-order valence-corrected chi connectivity index (χ1v) is 7.78. The van der Waals surface area contributed by atoms with Gasteiger partial charge in [-0.2, -0.15) is 0 Å². The van der Waals surface area contributed by atoms with E-state index < -0.39 is 0 Å². The number of rotatable bonds is 4. The quantitative estimate of drug-likeness (QED) is 0.650. The van der Waals surface area contributed by atoms with Crippen LogP contribution in [0.5, 0.6) is 0 Å². The molecule has 19 heavy (non-hydrogen) atoms. The molecule has 2 aromatic rings. The Morgan fingerprint density at radius 2 is 1.84 bits per heavy atom. The maximum Gasteiger partial charge on any atom is 0.0642 e. The van der Waals surface area contributed by atoms with Gasteiger partial charge in [0.25, 0.3) is 0 Å². The van der Waals surface area contributed by atoms with E-state index in [0.29, 0.717) is 0 Å². The maximum atomic E-state index is 6.31. The summed E-state index contributed by atoms with van der Waals surface area (Å²) in [5.74, 6) is 0. The number of nitrogens with zero attached hydrogens (tertiary/aromatic N) is 1. The summed E-state index contributed by atoms with van der Waals surface area (Å²) in [6, 6.07) is 14.0. The van der Waals surface area contributed by atoms with Crippen molar-refractivity contribution in [2.75, 3.05) is 11.9 Å². The smallest absolute Gasteiger partial charge is 0.0642 e. The molecule has 0 N–H and O–H groups in total. The molecule has 2 rings (SSSR count). The molecule has 0 bridgehead atoms. The third-order valence-electron chi connectivity index (χ3n) is 2.89. The average Bonchev–Trinajstić information content (AvgIpc) is 2.38. The van der Waals surface area contributed by atoms with Crippen LogP contribution in [0.2, 0.25) is 10.0 Å². The summed E-state index contributed by atoms with van der Waals surface area (Å²) in [7, 11) is 2.02. The number of alkyl halides is 1. The van der Waals surface area contributed by atoms with Gasteiger partial charge in [-0.25, -0.2) is 0 Å². The topological polar surface area (TPSA) is 3.24 Å². The second kappa shape index (κ2) is 6.65. The van der Waals surface area contributed by atoms with E-state index in [0.717, 1.165) is 33.2 Å². The van der Waals surface area contributed by atoms with Gasteiger partial charge in [0, 0.05) is 23.9 Å². The highest BCUT2D eigenvalue weighted by Crippen LogP contribution is 2.28. The van der Waals surface area contributed by atoms with E-state index in [4.69, 9.17) is 23.2 Å². The van der Waals surface area contributed by atoms with Crippen molar-refractivity contribution in [3.63, 3.8) is 0 Å². The van der Waals surface area contributed by atoms with Gasteiger partial charge in [0.05, 0.1) is 10.7 Å². The highest BCUT2D eigenvalue weighted by atomic mass is 79.9. The molecule has 0 saturated carbocycles. The van der Waals surface area contributed by atoms with Crippen LogP contribution < -0.4 is 4.90 Å². The van der Waals surface area contributed by atoms with Gasteiger partial charge in [0.2, 0.25) is 0 Å². The number of benzene rings is 2. The molecular weight excluding hydrogens is 345 g/mol. The van der Waals surface area contributed by atoms with Gasteiger partial charge >= 0.3 is 0 Å². The highest BCUT2D eigenvalue weighted by Gasteiger charge is 2.07. The van der Waals surface area contributed by atoms with Crippen LogP contribution in [0.4, 0.5) is 5.69 Å². The van der Waals surface area contributed by atoms with Crippen molar-refractivity contribution < 1.29 is 0 Å². The lowest BCUT2D eigenvalue weighted by Crippen LogP contribution is -2.16. The summed E-state index contributed by atoms with van der Waals surface area (Å²) in [4.78, 5) is 2.12. The van der Waals surface area contributed by atoms with Crippen LogP contribution in [0.25, 0.3) is 0 Å². The van der Waals surface area contributed by atoms with Gasteiger partial charge in [0.15, 0.2) is 0 Å². The second-order valence-electron chi connectivity index (χ2n) is 4.41. The van der Waals surface area contributed by atoms with Crippen molar-refractivity contribution in [3.8, 4) is 0 Å². The number of hydrogen-bond acceptors (Lipinski definition) is 1. The van der Waals surface area contributed by atoms with E-state index in [1.807, 2.05) is 37.4 Å². The lowest BCUT2D eigenvalue weighted by atomic mass is 10.2. The van der Waals surface area contributed by atoms with Crippen LogP contribution >= 0.6 is 39.1 Å². The first-order valence-electron chi connectivity index (χ1n) is 5.90. The molecule has 0 atom stereocenters. The van der Waals surface area contributed by atoms with Gasteiger partial charge in [-0.1, -0.05) is 57.3 Å². The SMILES string of the molecule is CN(Cc1cccc(Cl)c1)c1ccc(CBr)cc1Cl. The summed E-state index contributed by atoms with van der Waals surface area (Å²) >= 11 is 15.7. The Labute approximate surface area is 132 Å². The minimum atomic E-state index is 0.756. The van der Waals surface area contributed by atoms with Crippen molar-refractivity contribution >= 4 is 44.8 Å². The predicted octanol–water partition coefficient (Wildman–Crippen LogP) is 5.52. The molecule has 100 valence electrons. The summed E-state index contributed by atoms with van der Waals surface area (Å²) < 4.78 is 0. The second-order valence-corrected chi connectivity index (χ2v) is 5.81. The Balaban J connectivity index is 2.18. The number of anilines is 1. The molecule has 1 nitrogen and oxygen atoms in total. The number of hydrogen-bond donors (Lipinski definition) is 0. The maximum absolute atomic E-state index is 6.31. The van der Waals surface area contributed by atoms with E-state index in [1.54, 1.807) is 0 Å². The van der Waals surface area contributed by atoms with E-state index in [-0.39, 0.29) is 0 Å². The zero-order valence-electron chi connectivity index (χ0n) is 10.5. The fourth-order valence-corrected chi connectivity index (χ4v) is 2.85. The van der Waals surface area contributed by atoms with Crippen LogP contribution in [-0.2, 0) is 11.9 Å². The molecule has 0 spiro atoms. The monoisotopic (exact) mass is 357 g/mol. The molecule has 0 amide bonds. The summed E-state index contributed by atoms with van der Waals surface area (Å²) in [6.45, 7) is 0.772. The third kappa shape index (κ3) is 3.88. The number of halogens is 3. The molecule has 0 radical (unpaired) electrons. The van der Waals surface area contributed by atoms with Crippen molar-refractivity contribution in [2.24, 2.45) is 0 Å². The molecule has 0 aliphatic rings. The van der Waals surface area contributed by atoms with Gasteiger partial charge in [-0.15, -0.1) is 0 Å². The molecule has 0 aromatic heterocycles. The Bertz CT molecular complexity index is 572. The molecule has 0 fully saturated rings. The van der Waals surface area contributed by atoms with Crippen LogP contribution in [0.1, 0.15) is 11.1 Å². The standard InChI is InChI=1S/C15H14BrCl2N/c1-19(10-12-3-2-4-13(17)7-12)15-6-5-11(9-16)8-14(15)18/h2-8H,9-10H2,1H3. The zero-order chi connectivity index (χ0) is 13.8. The first kappa shape index (κ1) is 14.7. The first-order chi connectivity index (χ1) is 9.10. The lowest BCUT2D eigenvalue weighted by Gasteiger charge is -2.21. The third-order valence-corrected chi connectivity index (χ3v) is 4.07. The Morgan fingerprint density at radius 1 is 1.05 bits per heavy atom. The minimum absolute atomic E-state index is 0.756. The van der Waals surface area contributed by atoms with E-state index in [9.17, 15) is 0 Å². The fraction of sp³-hybridized carbons (Fsp3) is 0.200. The van der Waals surface area contributed by atoms with Crippen molar-refractivity contribution in [1.29, 1.82) is 0 Å². The van der Waals surface area contributed by atoms with Crippen molar-refractivity contribution in [3.05, 3.63) is 63.6 Å². The normalized spacial score (nSPS) is 10.5. The van der Waals surface area contributed by atoms with Crippen LogP contribution in [-0.4, -0.2) is 7.05 Å². The average molecular weight is 359 g/mol. The van der Waals surface area contributed by atoms with Crippen molar-refractivity contribution in [2.45, 2.75) is 11.9 Å². The van der Waals surface area contributed by atoms with E-state index in [1.165, 1.54) is 5.56 Å². The minimum Gasteiger partial charge on any atom is -0.369 e. The molecule has 0 unspecified atom stereocenters. The van der Waals surface area contributed by atoms with Gasteiger partial charge < -0.3 is 4.90 Å². The van der Waals surface area contributed by atoms with Crippen LogP contribution in [0.3, 0.4) is 0 Å². The van der Waals surface area contributed by atoms with Crippen molar-refractivity contribution in [1.82, 2.24) is 0 Å². The molecule has 0 aliphatic carbocycles. The van der Waals surface area contributed by atoms with Crippen LogP contribution in [0, 0.1) is 0 Å².